The first kappa shape index (κ1) is 21.2. The SMILES string of the molecule is Cc1ccc(NC(=O)CCCOc2ccc(Cl)cc2)cc1S(=O)(=O)N(C)C. The lowest BCUT2D eigenvalue weighted by Gasteiger charge is -2.15. The zero-order valence-electron chi connectivity index (χ0n) is 15.5. The fourth-order valence-electron chi connectivity index (χ4n) is 2.33. The Labute approximate surface area is 165 Å². The quantitative estimate of drug-likeness (QED) is 0.673. The van der Waals surface area contributed by atoms with Crippen molar-refractivity contribution >= 4 is 33.2 Å². The molecule has 8 heteroatoms. The summed E-state index contributed by atoms with van der Waals surface area (Å²) >= 11 is 5.81. The fourth-order valence-corrected chi connectivity index (χ4v) is 3.60. The Bertz CT molecular complexity index is 896. The maximum absolute atomic E-state index is 12.3. The molecule has 0 aromatic heterocycles. The van der Waals surface area contributed by atoms with Crippen molar-refractivity contribution in [2.75, 3.05) is 26.0 Å². The van der Waals surface area contributed by atoms with E-state index < -0.39 is 10.0 Å². The van der Waals surface area contributed by atoms with Crippen molar-refractivity contribution in [2.45, 2.75) is 24.7 Å². The topological polar surface area (TPSA) is 75.7 Å². The summed E-state index contributed by atoms with van der Waals surface area (Å²) in [6, 6.07) is 11.8. The molecule has 0 aliphatic heterocycles. The summed E-state index contributed by atoms with van der Waals surface area (Å²) in [6.07, 6.45) is 0.792. The Morgan fingerprint density at radius 2 is 1.81 bits per heavy atom. The van der Waals surface area contributed by atoms with Gasteiger partial charge in [-0.2, -0.15) is 0 Å². The van der Waals surface area contributed by atoms with Crippen molar-refractivity contribution in [1.29, 1.82) is 0 Å². The second-order valence-electron chi connectivity index (χ2n) is 6.22. The molecular weight excluding hydrogens is 388 g/mol. The number of hydrogen-bond acceptors (Lipinski definition) is 4. The number of carbonyl (C=O) groups excluding carboxylic acids is 1. The molecule has 0 unspecified atom stereocenters. The van der Waals surface area contributed by atoms with Gasteiger partial charge < -0.3 is 10.1 Å². The van der Waals surface area contributed by atoms with E-state index in [1.807, 2.05) is 0 Å². The molecule has 6 nitrogen and oxygen atoms in total. The number of ether oxygens (including phenoxy) is 1. The van der Waals surface area contributed by atoms with Crippen LogP contribution < -0.4 is 10.1 Å². The van der Waals surface area contributed by atoms with Gasteiger partial charge in [0.1, 0.15) is 5.75 Å². The smallest absolute Gasteiger partial charge is 0.242 e. The van der Waals surface area contributed by atoms with E-state index in [-0.39, 0.29) is 17.2 Å². The molecular formula is C19H23ClN2O4S. The number of nitrogens with one attached hydrogen (secondary N) is 1. The van der Waals surface area contributed by atoms with Crippen LogP contribution in [0.3, 0.4) is 0 Å². The summed E-state index contributed by atoms with van der Waals surface area (Å²) in [5.41, 5.74) is 1.07. The lowest BCUT2D eigenvalue weighted by Crippen LogP contribution is -2.23. The van der Waals surface area contributed by atoms with Crippen molar-refractivity contribution < 1.29 is 17.9 Å². The number of anilines is 1. The molecule has 2 aromatic rings. The second-order valence-corrected chi connectivity index (χ2v) is 8.78. The number of sulfonamides is 1. The van der Waals surface area contributed by atoms with Gasteiger partial charge in [0.15, 0.2) is 0 Å². The number of halogens is 1. The molecule has 27 heavy (non-hydrogen) atoms. The maximum Gasteiger partial charge on any atom is 0.242 e. The molecule has 2 rings (SSSR count). The van der Waals surface area contributed by atoms with Gasteiger partial charge in [0.05, 0.1) is 11.5 Å². The van der Waals surface area contributed by atoms with Crippen molar-refractivity contribution in [2.24, 2.45) is 0 Å². The Morgan fingerprint density at radius 1 is 1.15 bits per heavy atom. The molecule has 0 saturated carbocycles. The lowest BCUT2D eigenvalue weighted by atomic mass is 10.2. The summed E-state index contributed by atoms with van der Waals surface area (Å²) in [5, 5.41) is 3.37. The highest BCUT2D eigenvalue weighted by Gasteiger charge is 2.20. The fraction of sp³-hybridized carbons (Fsp3) is 0.316. The van der Waals surface area contributed by atoms with Crippen LogP contribution in [0.4, 0.5) is 5.69 Å². The Hall–Kier alpha value is -2.09. The van der Waals surface area contributed by atoms with Gasteiger partial charge in [0.2, 0.25) is 15.9 Å². The van der Waals surface area contributed by atoms with E-state index in [0.29, 0.717) is 35.1 Å². The van der Waals surface area contributed by atoms with Crippen LogP contribution in [-0.4, -0.2) is 39.3 Å². The molecule has 0 aliphatic rings. The molecule has 0 atom stereocenters. The zero-order valence-corrected chi connectivity index (χ0v) is 17.1. The number of carbonyl (C=O) groups is 1. The van der Waals surface area contributed by atoms with E-state index in [4.69, 9.17) is 16.3 Å². The minimum Gasteiger partial charge on any atom is -0.494 e. The van der Waals surface area contributed by atoms with Crippen molar-refractivity contribution in [1.82, 2.24) is 4.31 Å². The number of amides is 1. The minimum absolute atomic E-state index is 0.177. The largest absolute Gasteiger partial charge is 0.494 e. The Morgan fingerprint density at radius 3 is 2.44 bits per heavy atom. The second kappa shape index (κ2) is 9.21. The van der Waals surface area contributed by atoms with E-state index in [9.17, 15) is 13.2 Å². The molecule has 1 N–H and O–H groups in total. The predicted octanol–water partition coefficient (Wildman–Crippen LogP) is 3.70. The number of rotatable bonds is 8. The summed E-state index contributed by atoms with van der Waals surface area (Å²) in [5.74, 6) is 0.489. The predicted molar refractivity (Wildman–Crippen MR) is 107 cm³/mol. The average molecular weight is 411 g/mol. The van der Waals surface area contributed by atoms with Crippen LogP contribution in [0.2, 0.25) is 5.02 Å². The highest BCUT2D eigenvalue weighted by atomic mass is 35.5. The van der Waals surface area contributed by atoms with Crippen molar-refractivity contribution in [3.63, 3.8) is 0 Å². The van der Waals surface area contributed by atoms with E-state index in [0.717, 1.165) is 4.31 Å². The summed E-state index contributed by atoms with van der Waals surface area (Å²) in [4.78, 5) is 12.3. The number of hydrogen-bond donors (Lipinski definition) is 1. The molecule has 0 radical (unpaired) electrons. The molecule has 0 aliphatic carbocycles. The van der Waals surface area contributed by atoms with Gasteiger partial charge in [0.25, 0.3) is 0 Å². The van der Waals surface area contributed by atoms with Crippen LogP contribution in [0.15, 0.2) is 47.4 Å². The Kier molecular flexibility index (Phi) is 7.24. The molecule has 0 fully saturated rings. The third kappa shape index (κ3) is 5.95. The van der Waals surface area contributed by atoms with Crippen LogP contribution >= 0.6 is 11.6 Å². The Balaban J connectivity index is 1.89. The molecule has 0 bridgehead atoms. The summed E-state index contributed by atoms with van der Waals surface area (Å²) < 4.78 is 31.4. The van der Waals surface area contributed by atoms with Gasteiger partial charge in [-0.05, 0) is 55.3 Å². The van der Waals surface area contributed by atoms with Gasteiger partial charge in [-0.15, -0.1) is 0 Å². The van der Waals surface area contributed by atoms with E-state index >= 15 is 0 Å². The summed E-state index contributed by atoms with van der Waals surface area (Å²) in [6.45, 7) is 2.11. The molecule has 146 valence electrons. The number of benzene rings is 2. The van der Waals surface area contributed by atoms with Crippen molar-refractivity contribution in [3.8, 4) is 5.75 Å². The minimum atomic E-state index is -3.57. The van der Waals surface area contributed by atoms with E-state index in [1.54, 1.807) is 43.3 Å². The van der Waals surface area contributed by atoms with Crippen LogP contribution in [0.5, 0.6) is 5.75 Å². The van der Waals surface area contributed by atoms with Gasteiger partial charge >= 0.3 is 0 Å². The third-order valence-corrected chi connectivity index (χ3v) is 6.07. The standard InChI is InChI=1S/C19H23ClN2O4S/c1-14-6-9-16(13-18(14)27(24,25)22(2)3)21-19(23)5-4-12-26-17-10-7-15(20)8-11-17/h6-11,13H,4-5,12H2,1-3H3,(H,21,23). The van der Waals surface area contributed by atoms with Crippen LogP contribution in [0.25, 0.3) is 0 Å². The third-order valence-electron chi connectivity index (χ3n) is 3.86. The molecule has 0 saturated heterocycles. The van der Waals surface area contributed by atoms with Gasteiger partial charge in [-0.1, -0.05) is 17.7 Å². The molecule has 2 aromatic carbocycles. The van der Waals surface area contributed by atoms with E-state index in [2.05, 4.69) is 5.32 Å². The van der Waals surface area contributed by atoms with E-state index in [1.165, 1.54) is 20.2 Å². The summed E-state index contributed by atoms with van der Waals surface area (Å²) in [7, 11) is -0.622. The highest BCUT2D eigenvalue weighted by molar-refractivity contribution is 7.89. The monoisotopic (exact) mass is 410 g/mol. The molecule has 0 heterocycles. The first-order valence-corrected chi connectivity index (χ1v) is 10.2. The highest BCUT2D eigenvalue weighted by Crippen LogP contribution is 2.22. The van der Waals surface area contributed by atoms with Crippen LogP contribution in [0.1, 0.15) is 18.4 Å². The lowest BCUT2D eigenvalue weighted by molar-refractivity contribution is -0.116. The molecule has 0 spiro atoms. The van der Waals surface area contributed by atoms with Crippen molar-refractivity contribution in [3.05, 3.63) is 53.1 Å². The first-order valence-electron chi connectivity index (χ1n) is 8.41. The van der Waals surface area contributed by atoms with Crippen LogP contribution in [-0.2, 0) is 14.8 Å². The van der Waals surface area contributed by atoms with Crippen LogP contribution in [0, 0.1) is 6.92 Å². The van der Waals surface area contributed by atoms with Gasteiger partial charge in [-0.3, -0.25) is 4.79 Å². The zero-order chi connectivity index (χ0) is 20.0. The van der Waals surface area contributed by atoms with Gasteiger partial charge in [0, 0.05) is 31.2 Å². The number of aryl methyl sites for hydroxylation is 1. The van der Waals surface area contributed by atoms with Gasteiger partial charge in [-0.25, -0.2) is 12.7 Å². The normalized spacial score (nSPS) is 11.4. The molecule has 1 amide bonds. The first-order chi connectivity index (χ1) is 12.7. The number of nitrogens with zero attached hydrogens (tertiary/aromatic N) is 1. The average Bonchev–Trinajstić information content (AvgIpc) is 2.61. The maximum atomic E-state index is 12.3.